The van der Waals surface area contributed by atoms with E-state index < -0.39 is 0 Å². The molecule has 0 saturated carbocycles. The number of likely N-dealkylation sites (N-methyl/N-ethyl adjacent to an activating group) is 1. The summed E-state index contributed by atoms with van der Waals surface area (Å²) >= 11 is 0. The quantitative estimate of drug-likeness (QED) is 0.884. The van der Waals surface area contributed by atoms with Crippen LogP contribution in [-0.2, 0) is 18.4 Å². The van der Waals surface area contributed by atoms with Crippen molar-refractivity contribution >= 4 is 11.7 Å². The molecule has 0 unspecified atom stereocenters. The molecule has 0 aliphatic rings. The Balaban J connectivity index is 1.89. The van der Waals surface area contributed by atoms with Gasteiger partial charge in [0.25, 0.3) is 0 Å². The lowest BCUT2D eigenvalue weighted by atomic mass is 10.2. The van der Waals surface area contributed by atoms with Gasteiger partial charge in [-0.3, -0.25) is 14.4 Å². The number of benzene rings is 1. The number of rotatable bonds is 6. The highest BCUT2D eigenvalue weighted by Crippen LogP contribution is 2.14. The van der Waals surface area contributed by atoms with Crippen molar-refractivity contribution in [2.75, 3.05) is 26.0 Å². The Morgan fingerprint density at radius 2 is 2.18 bits per heavy atom. The van der Waals surface area contributed by atoms with Crippen molar-refractivity contribution in [3.63, 3.8) is 0 Å². The molecule has 0 bridgehead atoms. The topological polar surface area (TPSA) is 59.4 Å². The molecule has 0 fully saturated rings. The summed E-state index contributed by atoms with van der Waals surface area (Å²) in [6, 6.07) is 9.68. The van der Waals surface area contributed by atoms with Gasteiger partial charge in [-0.2, -0.15) is 5.10 Å². The molecule has 0 aliphatic heterocycles. The molecular formula is C16H22N4O2. The number of hydrogen-bond donors (Lipinski definition) is 1. The average Bonchev–Trinajstić information content (AvgIpc) is 2.76. The molecule has 1 N–H and O–H groups in total. The van der Waals surface area contributed by atoms with Crippen molar-refractivity contribution in [2.24, 2.45) is 7.05 Å². The van der Waals surface area contributed by atoms with Gasteiger partial charge >= 0.3 is 0 Å². The minimum Gasteiger partial charge on any atom is -0.497 e. The van der Waals surface area contributed by atoms with Crippen molar-refractivity contribution in [3.8, 4) is 5.75 Å². The lowest BCUT2D eigenvalue weighted by molar-refractivity contribution is -0.117. The molecule has 1 aromatic carbocycles. The minimum atomic E-state index is -0.0617. The first-order valence-electron chi connectivity index (χ1n) is 7.10. The van der Waals surface area contributed by atoms with Gasteiger partial charge in [0.2, 0.25) is 5.91 Å². The summed E-state index contributed by atoms with van der Waals surface area (Å²) in [6.07, 6.45) is 0. The highest BCUT2D eigenvalue weighted by Gasteiger charge is 2.10. The van der Waals surface area contributed by atoms with Crippen LogP contribution in [0.5, 0.6) is 5.75 Å². The maximum Gasteiger partial charge on any atom is 0.239 e. The van der Waals surface area contributed by atoms with Crippen LogP contribution in [0.2, 0.25) is 0 Å². The van der Waals surface area contributed by atoms with Crippen LogP contribution >= 0.6 is 0 Å². The van der Waals surface area contributed by atoms with Crippen LogP contribution < -0.4 is 10.1 Å². The second kappa shape index (κ2) is 7.09. The molecule has 1 amide bonds. The lowest BCUT2D eigenvalue weighted by Crippen LogP contribution is -2.30. The Hall–Kier alpha value is -2.34. The fraction of sp³-hybridized carbons (Fsp3) is 0.375. The number of hydrogen-bond acceptors (Lipinski definition) is 4. The normalized spacial score (nSPS) is 10.8. The fourth-order valence-corrected chi connectivity index (χ4v) is 2.29. The fourth-order valence-electron chi connectivity index (χ4n) is 2.29. The molecule has 22 heavy (non-hydrogen) atoms. The number of carbonyl (C=O) groups is 1. The number of carbonyl (C=O) groups excluding carboxylic acids is 1. The number of aryl methyl sites for hydroxylation is 2. The molecule has 6 nitrogen and oxygen atoms in total. The Morgan fingerprint density at radius 3 is 2.82 bits per heavy atom. The minimum absolute atomic E-state index is 0.0617. The second-order valence-corrected chi connectivity index (χ2v) is 5.37. The van der Waals surface area contributed by atoms with Gasteiger partial charge in [0.15, 0.2) is 0 Å². The Bertz CT molecular complexity index is 651. The smallest absolute Gasteiger partial charge is 0.239 e. The maximum absolute atomic E-state index is 12.1. The van der Waals surface area contributed by atoms with Crippen LogP contribution in [0.4, 0.5) is 5.82 Å². The monoisotopic (exact) mass is 302 g/mol. The summed E-state index contributed by atoms with van der Waals surface area (Å²) < 4.78 is 6.87. The SMILES string of the molecule is COc1cccc(CN(C)CC(=O)Nc2cc(C)nn2C)c1. The molecule has 0 saturated heterocycles. The number of methoxy groups -OCH3 is 1. The van der Waals surface area contributed by atoms with Crippen molar-refractivity contribution in [2.45, 2.75) is 13.5 Å². The number of nitrogens with zero attached hydrogens (tertiary/aromatic N) is 3. The molecular weight excluding hydrogens is 280 g/mol. The van der Waals surface area contributed by atoms with Gasteiger partial charge in [0, 0.05) is 19.7 Å². The maximum atomic E-state index is 12.1. The van der Waals surface area contributed by atoms with E-state index in [1.165, 1.54) is 0 Å². The van der Waals surface area contributed by atoms with Crippen molar-refractivity contribution < 1.29 is 9.53 Å². The van der Waals surface area contributed by atoms with Gasteiger partial charge in [0.1, 0.15) is 11.6 Å². The van der Waals surface area contributed by atoms with Crippen molar-refractivity contribution in [1.82, 2.24) is 14.7 Å². The molecule has 6 heteroatoms. The molecule has 2 rings (SSSR count). The van der Waals surface area contributed by atoms with Crippen molar-refractivity contribution in [1.29, 1.82) is 0 Å². The summed E-state index contributed by atoms with van der Waals surface area (Å²) in [5, 5.41) is 7.07. The molecule has 2 aromatic rings. The van der Waals surface area contributed by atoms with Crippen LogP contribution in [0.15, 0.2) is 30.3 Å². The zero-order valence-electron chi connectivity index (χ0n) is 13.5. The first kappa shape index (κ1) is 16.0. The van der Waals surface area contributed by atoms with E-state index in [1.807, 2.05) is 56.3 Å². The van der Waals surface area contributed by atoms with Gasteiger partial charge in [-0.15, -0.1) is 0 Å². The number of nitrogens with one attached hydrogen (secondary N) is 1. The lowest BCUT2D eigenvalue weighted by Gasteiger charge is -2.16. The highest BCUT2D eigenvalue weighted by atomic mass is 16.5. The first-order valence-corrected chi connectivity index (χ1v) is 7.10. The predicted octanol–water partition coefficient (Wildman–Crippen LogP) is 1.81. The van der Waals surface area contributed by atoms with Crippen LogP contribution in [0, 0.1) is 6.92 Å². The molecule has 0 radical (unpaired) electrons. The summed E-state index contributed by atoms with van der Waals surface area (Å²) in [4.78, 5) is 14.0. The van der Waals surface area contributed by atoms with Crippen LogP contribution in [-0.4, -0.2) is 41.3 Å². The third-order valence-corrected chi connectivity index (χ3v) is 3.27. The largest absolute Gasteiger partial charge is 0.497 e. The van der Waals surface area contributed by atoms with E-state index in [4.69, 9.17) is 4.74 Å². The van der Waals surface area contributed by atoms with E-state index in [2.05, 4.69) is 10.4 Å². The number of amides is 1. The molecule has 0 aliphatic carbocycles. The molecule has 0 spiro atoms. The summed E-state index contributed by atoms with van der Waals surface area (Å²) in [6.45, 7) is 2.88. The van der Waals surface area contributed by atoms with Crippen LogP contribution in [0.25, 0.3) is 0 Å². The van der Waals surface area contributed by atoms with Crippen LogP contribution in [0.1, 0.15) is 11.3 Å². The second-order valence-electron chi connectivity index (χ2n) is 5.37. The van der Waals surface area contributed by atoms with Gasteiger partial charge in [-0.25, -0.2) is 0 Å². The number of aromatic nitrogens is 2. The standard InChI is InChI=1S/C16H22N4O2/c1-12-8-15(20(3)18-12)17-16(21)11-19(2)10-13-6-5-7-14(9-13)22-4/h5-9H,10-11H2,1-4H3,(H,17,21). The molecule has 1 aromatic heterocycles. The van der Waals surface area contributed by atoms with E-state index in [0.29, 0.717) is 18.9 Å². The Kier molecular flexibility index (Phi) is 5.16. The van der Waals surface area contributed by atoms with Crippen LogP contribution in [0.3, 0.4) is 0 Å². The Morgan fingerprint density at radius 1 is 1.41 bits per heavy atom. The van der Waals surface area contributed by atoms with E-state index in [-0.39, 0.29) is 5.91 Å². The van der Waals surface area contributed by atoms with E-state index in [1.54, 1.807) is 11.8 Å². The van der Waals surface area contributed by atoms with Gasteiger partial charge < -0.3 is 10.1 Å². The first-order chi connectivity index (χ1) is 10.5. The number of ether oxygens (including phenoxy) is 1. The van der Waals surface area contributed by atoms with E-state index in [0.717, 1.165) is 17.0 Å². The summed E-state index contributed by atoms with van der Waals surface area (Å²) in [7, 11) is 5.36. The Labute approximate surface area is 130 Å². The highest BCUT2D eigenvalue weighted by molar-refractivity contribution is 5.91. The molecule has 0 atom stereocenters. The predicted molar refractivity (Wildman–Crippen MR) is 85.9 cm³/mol. The molecule has 1 heterocycles. The van der Waals surface area contributed by atoms with E-state index in [9.17, 15) is 4.79 Å². The zero-order chi connectivity index (χ0) is 16.1. The van der Waals surface area contributed by atoms with Gasteiger partial charge in [-0.1, -0.05) is 12.1 Å². The zero-order valence-corrected chi connectivity index (χ0v) is 13.5. The van der Waals surface area contributed by atoms with E-state index >= 15 is 0 Å². The third-order valence-electron chi connectivity index (χ3n) is 3.27. The average molecular weight is 302 g/mol. The summed E-state index contributed by atoms with van der Waals surface area (Å²) in [5.41, 5.74) is 1.98. The van der Waals surface area contributed by atoms with Gasteiger partial charge in [-0.05, 0) is 31.7 Å². The molecule has 118 valence electrons. The third kappa shape index (κ3) is 4.33. The van der Waals surface area contributed by atoms with Gasteiger partial charge in [0.05, 0.1) is 19.3 Å². The number of anilines is 1. The summed E-state index contributed by atoms with van der Waals surface area (Å²) in [5.74, 6) is 1.46. The van der Waals surface area contributed by atoms with Crippen molar-refractivity contribution in [3.05, 3.63) is 41.6 Å².